The Kier molecular flexibility index (Phi) is 5.21. The lowest BCUT2D eigenvalue weighted by Gasteiger charge is -2.31. The number of sulfonamides is 1. The zero-order chi connectivity index (χ0) is 21.5. The Hall–Kier alpha value is -2.97. The van der Waals surface area contributed by atoms with Gasteiger partial charge in [-0.2, -0.15) is 0 Å². The fourth-order valence-electron chi connectivity index (χ4n) is 3.37. The van der Waals surface area contributed by atoms with E-state index in [-0.39, 0.29) is 22.7 Å². The molecular formula is C22H16BrFN2O3S. The van der Waals surface area contributed by atoms with Crippen molar-refractivity contribution in [2.45, 2.75) is 4.90 Å². The summed E-state index contributed by atoms with van der Waals surface area (Å²) in [4.78, 5) is 12.9. The van der Waals surface area contributed by atoms with Gasteiger partial charge in [-0.3, -0.25) is 9.10 Å². The lowest BCUT2D eigenvalue weighted by atomic mass is 10.00. The highest BCUT2D eigenvalue weighted by molar-refractivity contribution is 9.10. The quantitative estimate of drug-likeness (QED) is 0.515. The van der Waals surface area contributed by atoms with E-state index in [9.17, 15) is 17.6 Å². The van der Waals surface area contributed by atoms with Gasteiger partial charge in [0.15, 0.2) is 0 Å². The van der Waals surface area contributed by atoms with E-state index in [2.05, 4.69) is 27.8 Å². The lowest BCUT2D eigenvalue weighted by molar-refractivity contribution is 0.102. The van der Waals surface area contributed by atoms with Crippen LogP contribution in [0.4, 0.5) is 15.8 Å². The summed E-state index contributed by atoms with van der Waals surface area (Å²) in [7, 11) is -3.74. The van der Waals surface area contributed by atoms with Gasteiger partial charge in [0, 0.05) is 21.2 Å². The van der Waals surface area contributed by atoms with Crippen LogP contribution in [0.25, 0.3) is 11.1 Å². The number of amides is 1. The van der Waals surface area contributed by atoms with E-state index in [1.165, 1.54) is 34.6 Å². The normalized spacial score (nSPS) is 13.9. The van der Waals surface area contributed by atoms with E-state index in [0.29, 0.717) is 21.3 Å². The molecule has 1 N–H and O–H groups in total. The van der Waals surface area contributed by atoms with Crippen LogP contribution in [-0.4, -0.2) is 20.9 Å². The van der Waals surface area contributed by atoms with Crippen LogP contribution in [0.2, 0.25) is 0 Å². The molecule has 0 unspecified atom stereocenters. The van der Waals surface area contributed by atoms with Gasteiger partial charge in [-0.15, -0.1) is 6.58 Å². The lowest BCUT2D eigenvalue weighted by Crippen LogP contribution is -2.34. The van der Waals surface area contributed by atoms with E-state index in [1.807, 2.05) is 0 Å². The fraction of sp³-hybridized carbons (Fsp3) is 0.0455. The molecule has 1 aliphatic rings. The third kappa shape index (κ3) is 3.42. The van der Waals surface area contributed by atoms with Gasteiger partial charge in [0.25, 0.3) is 15.9 Å². The number of hydrogen-bond donors (Lipinski definition) is 1. The summed E-state index contributed by atoms with van der Waals surface area (Å²) in [6.07, 6.45) is 1.51. The number of carbonyl (C=O) groups is 1. The summed E-state index contributed by atoms with van der Waals surface area (Å²) in [6, 6.07) is 15.7. The first kappa shape index (κ1) is 20.3. The van der Waals surface area contributed by atoms with Gasteiger partial charge in [-0.05, 0) is 42.5 Å². The second-order valence-corrected chi connectivity index (χ2v) is 9.38. The highest BCUT2D eigenvalue weighted by atomic mass is 79.9. The first-order valence-electron chi connectivity index (χ1n) is 8.96. The van der Waals surface area contributed by atoms with Crippen molar-refractivity contribution in [1.82, 2.24) is 0 Å². The van der Waals surface area contributed by atoms with E-state index in [0.717, 1.165) is 0 Å². The van der Waals surface area contributed by atoms with Crippen molar-refractivity contribution in [3.8, 4) is 11.1 Å². The minimum atomic E-state index is -3.74. The molecule has 1 heterocycles. The van der Waals surface area contributed by atoms with Crippen molar-refractivity contribution in [3.63, 3.8) is 0 Å². The number of rotatable bonds is 4. The van der Waals surface area contributed by atoms with Gasteiger partial charge >= 0.3 is 0 Å². The van der Waals surface area contributed by atoms with Crippen LogP contribution >= 0.6 is 15.9 Å². The molecule has 0 radical (unpaired) electrons. The van der Waals surface area contributed by atoms with Crippen LogP contribution < -0.4 is 9.62 Å². The third-order valence-electron chi connectivity index (χ3n) is 4.75. The van der Waals surface area contributed by atoms with Gasteiger partial charge < -0.3 is 5.32 Å². The highest BCUT2D eigenvalue weighted by Gasteiger charge is 2.34. The molecule has 3 aromatic carbocycles. The maximum Gasteiger partial charge on any atom is 0.265 e. The number of nitrogens with zero attached hydrogens (tertiary/aromatic N) is 1. The van der Waals surface area contributed by atoms with E-state index in [1.54, 1.807) is 36.4 Å². The molecule has 5 nitrogen and oxygen atoms in total. The summed E-state index contributed by atoms with van der Waals surface area (Å²) in [5.41, 5.74) is 1.91. The maximum absolute atomic E-state index is 14.1. The second kappa shape index (κ2) is 7.70. The van der Waals surface area contributed by atoms with Gasteiger partial charge in [-0.1, -0.05) is 40.2 Å². The minimum absolute atomic E-state index is 0.0529. The number of halogens is 2. The molecule has 0 aliphatic carbocycles. The SMILES string of the molecule is C=CCN1c2ccc(C(=O)Nc3ccc(Br)cc3F)cc2-c2ccccc2S1(=O)=O. The first-order valence-corrected chi connectivity index (χ1v) is 11.2. The smallest absolute Gasteiger partial charge is 0.265 e. The predicted octanol–water partition coefficient (Wildman–Crippen LogP) is 5.20. The topological polar surface area (TPSA) is 66.5 Å². The summed E-state index contributed by atoms with van der Waals surface area (Å²) < 4.78 is 42.0. The summed E-state index contributed by atoms with van der Waals surface area (Å²) in [5, 5.41) is 2.55. The van der Waals surface area contributed by atoms with Crippen molar-refractivity contribution < 1.29 is 17.6 Å². The van der Waals surface area contributed by atoms with Crippen molar-refractivity contribution in [2.75, 3.05) is 16.2 Å². The van der Waals surface area contributed by atoms with Gasteiger partial charge in [-0.25, -0.2) is 12.8 Å². The zero-order valence-electron chi connectivity index (χ0n) is 15.6. The zero-order valence-corrected chi connectivity index (χ0v) is 18.0. The van der Waals surface area contributed by atoms with Crippen LogP contribution in [0.3, 0.4) is 0 Å². The average Bonchev–Trinajstić information content (AvgIpc) is 2.73. The Morgan fingerprint density at radius 3 is 2.60 bits per heavy atom. The van der Waals surface area contributed by atoms with Gasteiger partial charge in [0.05, 0.1) is 22.8 Å². The summed E-state index contributed by atoms with van der Waals surface area (Å²) in [6.45, 7) is 3.74. The van der Waals surface area contributed by atoms with Crippen molar-refractivity contribution >= 4 is 43.2 Å². The van der Waals surface area contributed by atoms with Crippen LogP contribution in [-0.2, 0) is 10.0 Å². The Bertz CT molecular complexity index is 1290. The number of hydrogen-bond acceptors (Lipinski definition) is 3. The Balaban J connectivity index is 1.79. The van der Waals surface area contributed by atoms with Crippen LogP contribution in [0.5, 0.6) is 0 Å². The van der Waals surface area contributed by atoms with Crippen LogP contribution in [0.1, 0.15) is 10.4 Å². The molecule has 3 aromatic rings. The molecule has 1 aliphatic heterocycles. The van der Waals surface area contributed by atoms with Gasteiger partial charge in [0.2, 0.25) is 0 Å². The molecule has 4 rings (SSSR count). The molecule has 0 saturated carbocycles. The molecule has 0 spiro atoms. The largest absolute Gasteiger partial charge is 0.319 e. The standard InChI is InChI=1S/C22H16BrFN2O3S/c1-2-11-26-20-10-7-14(22(27)25-19-9-8-15(23)13-18(19)24)12-17(20)16-5-3-4-6-21(16)30(26,28)29/h2-10,12-13H,1,11H2,(H,25,27). The van der Waals surface area contributed by atoms with E-state index in [4.69, 9.17) is 0 Å². The Labute approximate surface area is 182 Å². The molecule has 0 atom stereocenters. The third-order valence-corrected chi connectivity index (χ3v) is 7.08. The first-order chi connectivity index (χ1) is 14.3. The van der Waals surface area contributed by atoms with E-state index < -0.39 is 21.7 Å². The predicted molar refractivity (Wildman–Crippen MR) is 119 cm³/mol. The maximum atomic E-state index is 14.1. The monoisotopic (exact) mass is 486 g/mol. The Morgan fingerprint density at radius 1 is 1.10 bits per heavy atom. The number of anilines is 2. The summed E-state index contributed by atoms with van der Waals surface area (Å²) in [5.74, 6) is -1.07. The minimum Gasteiger partial charge on any atom is -0.319 e. The summed E-state index contributed by atoms with van der Waals surface area (Å²) >= 11 is 3.18. The second-order valence-electron chi connectivity index (χ2n) is 6.63. The van der Waals surface area contributed by atoms with E-state index >= 15 is 0 Å². The molecule has 152 valence electrons. The molecule has 0 fully saturated rings. The molecule has 0 aromatic heterocycles. The molecule has 0 saturated heterocycles. The highest BCUT2D eigenvalue weighted by Crippen LogP contribution is 2.43. The van der Waals surface area contributed by atoms with Gasteiger partial charge in [0.1, 0.15) is 5.82 Å². The number of carbonyl (C=O) groups excluding carboxylic acids is 1. The van der Waals surface area contributed by atoms with Crippen molar-refractivity contribution in [1.29, 1.82) is 0 Å². The number of nitrogens with one attached hydrogen (secondary N) is 1. The molecule has 1 amide bonds. The molecular weight excluding hydrogens is 471 g/mol. The van der Waals surface area contributed by atoms with Crippen molar-refractivity contribution in [3.05, 3.63) is 89.2 Å². The molecule has 8 heteroatoms. The van der Waals surface area contributed by atoms with Crippen LogP contribution in [0, 0.1) is 5.82 Å². The molecule has 0 bridgehead atoms. The molecule has 30 heavy (non-hydrogen) atoms. The fourth-order valence-corrected chi connectivity index (χ4v) is 5.37. The number of benzene rings is 3. The Morgan fingerprint density at radius 2 is 1.87 bits per heavy atom. The number of fused-ring (bicyclic) bond motifs is 3. The van der Waals surface area contributed by atoms with Crippen LogP contribution in [0.15, 0.2) is 82.7 Å². The van der Waals surface area contributed by atoms with Crippen molar-refractivity contribution in [2.24, 2.45) is 0 Å². The average molecular weight is 487 g/mol.